The van der Waals surface area contributed by atoms with Crippen LogP contribution in [0.15, 0.2) is 30.5 Å². The third kappa shape index (κ3) is 2.77. The zero-order valence-electron chi connectivity index (χ0n) is 9.36. The van der Waals surface area contributed by atoms with Crippen molar-refractivity contribution in [2.45, 2.75) is 13.3 Å². The Morgan fingerprint density at radius 2 is 2.06 bits per heavy atom. The molecule has 3 nitrogen and oxygen atoms in total. The van der Waals surface area contributed by atoms with Crippen molar-refractivity contribution in [1.29, 1.82) is 0 Å². The molecule has 0 bridgehead atoms. The van der Waals surface area contributed by atoms with Crippen molar-refractivity contribution >= 4 is 22.6 Å². The van der Waals surface area contributed by atoms with Gasteiger partial charge in [-0.15, -0.1) is 0 Å². The van der Waals surface area contributed by atoms with Crippen LogP contribution >= 0.6 is 22.6 Å². The number of nitrogens with zero attached hydrogens (tertiary/aromatic N) is 2. The summed E-state index contributed by atoms with van der Waals surface area (Å²) >= 11 is 2.17. The molecule has 0 spiro atoms. The van der Waals surface area contributed by atoms with Crippen LogP contribution in [0.1, 0.15) is 13.3 Å². The minimum atomic E-state index is -0.258. The minimum absolute atomic E-state index is 0.258. The second-order valence-corrected chi connectivity index (χ2v) is 4.70. The van der Waals surface area contributed by atoms with Crippen LogP contribution in [-0.4, -0.2) is 16.4 Å². The fraction of sp³-hybridized carbons (Fsp3) is 0.250. The molecular formula is C12H12FIN2O. The van der Waals surface area contributed by atoms with Crippen molar-refractivity contribution in [2.24, 2.45) is 0 Å². The molecule has 0 amide bonds. The molecule has 0 saturated carbocycles. The summed E-state index contributed by atoms with van der Waals surface area (Å²) < 4.78 is 21.1. The number of benzene rings is 1. The molecule has 0 atom stereocenters. The Balaban J connectivity index is 2.34. The molecule has 0 radical (unpaired) electrons. The van der Waals surface area contributed by atoms with Gasteiger partial charge in [-0.25, -0.2) is 9.07 Å². The van der Waals surface area contributed by atoms with Gasteiger partial charge in [0.2, 0.25) is 5.88 Å². The maximum atomic E-state index is 12.8. The lowest BCUT2D eigenvalue weighted by Crippen LogP contribution is -2.04. The van der Waals surface area contributed by atoms with Crippen LogP contribution in [-0.2, 0) is 0 Å². The van der Waals surface area contributed by atoms with Crippen LogP contribution < -0.4 is 4.74 Å². The Bertz CT molecular complexity index is 496. The summed E-state index contributed by atoms with van der Waals surface area (Å²) in [4.78, 5) is 0. The van der Waals surface area contributed by atoms with E-state index in [-0.39, 0.29) is 5.82 Å². The molecule has 0 aliphatic heterocycles. The molecule has 0 aliphatic carbocycles. The highest BCUT2D eigenvalue weighted by atomic mass is 127. The zero-order valence-corrected chi connectivity index (χ0v) is 11.5. The van der Waals surface area contributed by atoms with Gasteiger partial charge < -0.3 is 4.74 Å². The van der Waals surface area contributed by atoms with E-state index in [0.717, 1.165) is 15.7 Å². The Hall–Kier alpha value is -1.11. The first kappa shape index (κ1) is 12.3. The van der Waals surface area contributed by atoms with E-state index in [2.05, 4.69) is 27.7 Å². The first-order valence-corrected chi connectivity index (χ1v) is 6.42. The monoisotopic (exact) mass is 346 g/mol. The number of hydrogen-bond acceptors (Lipinski definition) is 2. The van der Waals surface area contributed by atoms with Gasteiger partial charge >= 0.3 is 0 Å². The average molecular weight is 346 g/mol. The Morgan fingerprint density at radius 1 is 1.35 bits per heavy atom. The van der Waals surface area contributed by atoms with Gasteiger partial charge in [-0.05, 0) is 53.3 Å². The maximum Gasteiger partial charge on any atom is 0.230 e. The molecule has 90 valence electrons. The number of rotatable bonds is 4. The van der Waals surface area contributed by atoms with E-state index in [0.29, 0.717) is 12.5 Å². The van der Waals surface area contributed by atoms with Gasteiger partial charge in [0.15, 0.2) is 0 Å². The summed E-state index contributed by atoms with van der Waals surface area (Å²) in [6.45, 7) is 2.69. The normalized spacial score (nSPS) is 10.5. The average Bonchev–Trinajstić information content (AvgIpc) is 2.69. The van der Waals surface area contributed by atoms with Crippen molar-refractivity contribution in [1.82, 2.24) is 9.78 Å². The molecule has 0 aliphatic rings. The highest BCUT2D eigenvalue weighted by Gasteiger charge is 2.11. The topological polar surface area (TPSA) is 27.1 Å². The maximum absolute atomic E-state index is 12.8. The van der Waals surface area contributed by atoms with Crippen LogP contribution in [0.3, 0.4) is 0 Å². The van der Waals surface area contributed by atoms with Crippen LogP contribution in [0.4, 0.5) is 4.39 Å². The highest BCUT2D eigenvalue weighted by molar-refractivity contribution is 14.1. The smallest absolute Gasteiger partial charge is 0.230 e. The van der Waals surface area contributed by atoms with Gasteiger partial charge in [-0.1, -0.05) is 6.92 Å². The summed E-state index contributed by atoms with van der Waals surface area (Å²) in [6.07, 6.45) is 2.67. The van der Waals surface area contributed by atoms with Crippen molar-refractivity contribution < 1.29 is 9.13 Å². The van der Waals surface area contributed by atoms with Crippen LogP contribution in [0.2, 0.25) is 0 Å². The second-order valence-electron chi connectivity index (χ2n) is 3.53. The predicted octanol–water partition coefficient (Wildman–Crippen LogP) is 3.40. The summed E-state index contributed by atoms with van der Waals surface area (Å²) in [7, 11) is 0. The van der Waals surface area contributed by atoms with Gasteiger partial charge in [0.1, 0.15) is 5.82 Å². The number of halogens is 2. The fourth-order valence-electron chi connectivity index (χ4n) is 1.41. The molecule has 0 N–H and O–H groups in total. The molecule has 0 saturated heterocycles. The van der Waals surface area contributed by atoms with Crippen LogP contribution in [0.25, 0.3) is 5.69 Å². The Labute approximate surface area is 113 Å². The molecule has 0 unspecified atom stereocenters. The first-order valence-electron chi connectivity index (χ1n) is 5.34. The zero-order chi connectivity index (χ0) is 12.3. The van der Waals surface area contributed by atoms with E-state index in [1.54, 1.807) is 23.0 Å². The van der Waals surface area contributed by atoms with E-state index in [4.69, 9.17) is 4.74 Å². The quantitative estimate of drug-likeness (QED) is 0.794. The second kappa shape index (κ2) is 5.48. The molecule has 0 fully saturated rings. The molecule has 1 aromatic carbocycles. The fourth-order valence-corrected chi connectivity index (χ4v) is 1.92. The largest absolute Gasteiger partial charge is 0.477 e. The van der Waals surface area contributed by atoms with Crippen LogP contribution in [0.5, 0.6) is 5.88 Å². The molecule has 2 aromatic rings. The third-order valence-corrected chi connectivity index (χ3v) is 2.94. The van der Waals surface area contributed by atoms with Crippen molar-refractivity contribution in [3.05, 3.63) is 39.8 Å². The molecular weight excluding hydrogens is 334 g/mol. The third-order valence-electron chi connectivity index (χ3n) is 2.20. The molecule has 5 heteroatoms. The van der Waals surface area contributed by atoms with Gasteiger partial charge in [0, 0.05) is 0 Å². The SMILES string of the molecule is CCCOc1c(I)cnn1-c1ccc(F)cc1. The molecule has 17 heavy (non-hydrogen) atoms. The summed E-state index contributed by atoms with van der Waals surface area (Å²) in [6, 6.07) is 6.18. The number of ether oxygens (including phenoxy) is 1. The summed E-state index contributed by atoms with van der Waals surface area (Å²) in [5, 5.41) is 4.23. The van der Waals surface area contributed by atoms with Gasteiger partial charge in [0.25, 0.3) is 0 Å². The van der Waals surface area contributed by atoms with Crippen molar-refractivity contribution in [2.75, 3.05) is 6.61 Å². The first-order chi connectivity index (χ1) is 8.22. The van der Waals surface area contributed by atoms with Gasteiger partial charge in [-0.2, -0.15) is 5.10 Å². The highest BCUT2D eigenvalue weighted by Crippen LogP contribution is 2.24. The lowest BCUT2D eigenvalue weighted by atomic mass is 10.3. The summed E-state index contributed by atoms with van der Waals surface area (Å²) in [5.41, 5.74) is 0.792. The van der Waals surface area contributed by atoms with Gasteiger partial charge in [0.05, 0.1) is 22.1 Å². The lowest BCUT2D eigenvalue weighted by molar-refractivity contribution is 0.294. The van der Waals surface area contributed by atoms with E-state index in [9.17, 15) is 4.39 Å². The van der Waals surface area contributed by atoms with E-state index in [1.807, 2.05) is 6.92 Å². The Kier molecular flexibility index (Phi) is 3.98. The number of hydrogen-bond donors (Lipinski definition) is 0. The Morgan fingerprint density at radius 3 is 2.71 bits per heavy atom. The predicted molar refractivity (Wildman–Crippen MR) is 72.0 cm³/mol. The molecule has 1 aromatic heterocycles. The molecule has 1 heterocycles. The number of aromatic nitrogens is 2. The minimum Gasteiger partial charge on any atom is -0.477 e. The lowest BCUT2D eigenvalue weighted by Gasteiger charge is -2.08. The van der Waals surface area contributed by atoms with E-state index >= 15 is 0 Å². The van der Waals surface area contributed by atoms with Crippen LogP contribution in [0, 0.1) is 9.39 Å². The standard InChI is InChI=1S/C12H12FIN2O/c1-2-7-17-12-11(14)8-15-16(12)10-5-3-9(13)4-6-10/h3-6,8H,2,7H2,1H3. The summed E-state index contributed by atoms with van der Waals surface area (Å²) in [5.74, 6) is 0.450. The van der Waals surface area contributed by atoms with E-state index < -0.39 is 0 Å². The molecule has 2 rings (SSSR count). The van der Waals surface area contributed by atoms with Crippen molar-refractivity contribution in [3.63, 3.8) is 0 Å². The van der Waals surface area contributed by atoms with E-state index in [1.165, 1.54) is 12.1 Å². The van der Waals surface area contributed by atoms with Gasteiger partial charge in [-0.3, -0.25) is 0 Å². The van der Waals surface area contributed by atoms with Crippen molar-refractivity contribution in [3.8, 4) is 11.6 Å².